The Morgan fingerprint density at radius 3 is 2.81 bits per heavy atom. The van der Waals surface area contributed by atoms with Crippen LogP contribution in [0.15, 0.2) is 24.3 Å². The zero-order valence-electron chi connectivity index (χ0n) is 12.7. The highest BCUT2D eigenvalue weighted by Gasteiger charge is 2.17. The molecule has 0 saturated heterocycles. The Kier molecular flexibility index (Phi) is 4.96. The van der Waals surface area contributed by atoms with Gasteiger partial charge >= 0.3 is 5.97 Å². The maximum absolute atomic E-state index is 11.8. The van der Waals surface area contributed by atoms with Crippen molar-refractivity contribution in [3.05, 3.63) is 34.8 Å². The summed E-state index contributed by atoms with van der Waals surface area (Å²) in [4.78, 5) is 17.1. The molecule has 112 valence electrons. The van der Waals surface area contributed by atoms with Crippen molar-refractivity contribution < 1.29 is 14.3 Å². The SMILES string of the molecule is CCOC(=O)c1nc(-c2cccc(OC(C)C)c2)sc1C. The fraction of sp³-hybridized carbons (Fsp3) is 0.375. The third-order valence-electron chi connectivity index (χ3n) is 2.72. The lowest BCUT2D eigenvalue weighted by atomic mass is 10.2. The van der Waals surface area contributed by atoms with E-state index in [1.807, 2.05) is 45.0 Å². The van der Waals surface area contributed by atoms with Gasteiger partial charge in [-0.2, -0.15) is 0 Å². The summed E-state index contributed by atoms with van der Waals surface area (Å²) < 4.78 is 10.7. The third-order valence-corrected chi connectivity index (χ3v) is 3.74. The first-order valence-corrected chi connectivity index (χ1v) is 7.74. The molecule has 0 unspecified atom stereocenters. The first-order valence-electron chi connectivity index (χ1n) is 6.93. The first kappa shape index (κ1) is 15.5. The van der Waals surface area contributed by atoms with E-state index in [1.165, 1.54) is 11.3 Å². The predicted molar refractivity (Wildman–Crippen MR) is 84.0 cm³/mol. The van der Waals surface area contributed by atoms with Crippen molar-refractivity contribution in [3.8, 4) is 16.3 Å². The number of aryl methyl sites for hydroxylation is 1. The number of rotatable bonds is 5. The van der Waals surface area contributed by atoms with E-state index >= 15 is 0 Å². The van der Waals surface area contributed by atoms with Crippen molar-refractivity contribution in [2.75, 3.05) is 6.61 Å². The minimum Gasteiger partial charge on any atom is -0.491 e. The molecule has 4 nitrogen and oxygen atoms in total. The van der Waals surface area contributed by atoms with Crippen molar-refractivity contribution in [1.82, 2.24) is 4.98 Å². The fourth-order valence-electron chi connectivity index (χ4n) is 1.88. The molecule has 0 amide bonds. The number of carbonyl (C=O) groups is 1. The van der Waals surface area contributed by atoms with Gasteiger partial charge in [0.25, 0.3) is 0 Å². The third kappa shape index (κ3) is 3.82. The highest BCUT2D eigenvalue weighted by atomic mass is 32.1. The predicted octanol–water partition coefficient (Wildman–Crippen LogP) is 4.08. The molecular weight excluding hydrogens is 286 g/mol. The summed E-state index contributed by atoms with van der Waals surface area (Å²) in [6, 6.07) is 7.73. The molecule has 0 bridgehead atoms. The van der Waals surface area contributed by atoms with Gasteiger partial charge in [-0.05, 0) is 39.8 Å². The number of aromatic nitrogens is 1. The van der Waals surface area contributed by atoms with E-state index in [0.29, 0.717) is 12.3 Å². The monoisotopic (exact) mass is 305 g/mol. The quantitative estimate of drug-likeness (QED) is 0.781. The van der Waals surface area contributed by atoms with Gasteiger partial charge in [0.05, 0.1) is 12.7 Å². The highest BCUT2D eigenvalue weighted by Crippen LogP contribution is 2.30. The average molecular weight is 305 g/mol. The van der Waals surface area contributed by atoms with Gasteiger partial charge in [-0.3, -0.25) is 0 Å². The van der Waals surface area contributed by atoms with Gasteiger partial charge in [0.15, 0.2) is 5.69 Å². The van der Waals surface area contributed by atoms with E-state index in [0.717, 1.165) is 21.2 Å². The van der Waals surface area contributed by atoms with Crippen LogP contribution in [0.5, 0.6) is 5.75 Å². The maximum Gasteiger partial charge on any atom is 0.358 e. The normalized spacial score (nSPS) is 10.7. The van der Waals surface area contributed by atoms with E-state index in [4.69, 9.17) is 9.47 Å². The topological polar surface area (TPSA) is 48.4 Å². The Hall–Kier alpha value is -1.88. The molecular formula is C16H19NO3S. The molecule has 0 aliphatic carbocycles. The van der Waals surface area contributed by atoms with Crippen LogP contribution >= 0.6 is 11.3 Å². The van der Waals surface area contributed by atoms with Crippen molar-refractivity contribution in [1.29, 1.82) is 0 Å². The lowest BCUT2D eigenvalue weighted by molar-refractivity contribution is 0.0519. The lowest BCUT2D eigenvalue weighted by Crippen LogP contribution is -2.06. The Bertz CT molecular complexity index is 634. The Morgan fingerprint density at radius 2 is 2.14 bits per heavy atom. The van der Waals surface area contributed by atoms with Crippen LogP contribution in [-0.2, 0) is 4.74 Å². The molecule has 1 heterocycles. The van der Waals surface area contributed by atoms with Gasteiger partial charge in [0.1, 0.15) is 10.8 Å². The van der Waals surface area contributed by atoms with Crippen molar-refractivity contribution in [2.45, 2.75) is 33.8 Å². The molecule has 21 heavy (non-hydrogen) atoms. The smallest absolute Gasteiger partial charge is 0.358 e. The van der Waals surface area contributed by atoms with E-state index in [1.54, 1.807) is 6.92 Å². The molecule has 0 atom stereocenters. The molecule has 0 radical (unpaired) electrons. The van der Waals surface area contributed by atoms with E-state index in [-0.39, 0.29) is 12.1 Å². The van der Waals surface area contributed by atoms with Crippen molar-refractivity contribution in [2.24, 2.45) is 0 Å². The van der Waals surface area contributed by atoms with Crippen LogP contribution in [0.2, 0.25) is 0 Å². The largest absolute Gasteiger partial charge is 0.491 e. The average Bonchev–Trinajstić information content (AvgIpc) is 2.81. The standard InChI is InChI=1S/C16H19NO3S/c1-5-19-16(18)14-11(4)21-15(17-14)12-7-6-8-13(9-12)20-10(2)3/h6-10H,5H2,1-4H3. The summed E-state index contributed by atoms with van der Waals surface area (Å²) in [6.07, 6.45) is 0.119. The van der Waals surface area contributed by atoms with Gasteiger partial charge in [0, 0.05) is 10.4 Å². The summed E-state index contributed by atoms with van der Waals surface area (Å²) in [7, 11) is 0. The number of esters is 1. The van der Waals surface area contributed by atoms with Crippen LogP contribution in [-0.4, -0.2) is 23.7 Å². The minimum atomic E-state index is -0.368. The van der Waals surface area contributed by atoms with Gasteiger partial charge in [-0.15, -0.1) is 11.3 Å². The van der Waals surface area contributed by atoms with E-state index < -0.39 is 0 Å². The fourth-order valence-corrected chi connectivity index (χ4v) is 2.78. The number of nitrogens with zero attached hydrogens (tertiary/aromatic N) is 1. The van der Waals surface area contributed by atoms with Gasteiger partial charge in [-0.1, -0.05) is 12.1 Å². The van der Waals surface area contributed by atoms with E-state index in [2.05, 4.69) is 4.98 Å². The summed E-state index contributed by atoms with van der Waals surface area (Å²) in [5.41, 5.74) is 1.34. The molecule has 0 saturated carbocycles. The minimum absolute atomic E-state index is 0.119. The van der Waals surface area contributed by atoms with Gasteiger partial charge in [0.2, 0.25) is 0 Å². The highest BCUT2D eigenvalue weighted by molar-refractivity contribution is 7.15. The molecule has 2 rings (SSSR count). The number of thiazole rings is 1. The number of benzene rings is 1. The number of ether oxygens (including phenoxy) is 2. The Balaban J connectivity index is 2.30. The molecule has 5 heteroatoms. The lowest BCUT2D eigenvalue weighted by Gasteiger charge is -2.09. The van der Waals surface area contributed by atoms with Gasteiger partial charge in [-0.25, -0.2) is 9.78 Å². The van der Waals surface area contributed by atoms with Crippen LogP contribution in [0.3, 0.4) is 0 Å². The summed E-state index contributed by atoms with van der Waals surface area (Å²) in [5.74, 6) is 0.431. The van der Waals surface area contributed by atoms with Crippen molar-refractivity contribution >= 4 is 17.3 Å². The van der Waals surface area contributed by atoms with Gasteiger partial charge < -0.3 is 9.47 Å². The molecule has 1 aromatic heterocycles. The molecule has 0 spiro atoms. The zero-order valence-corrected chi connectivity index (χ0v) is 13.5. The first-order chi connectivity index (χ1) is 10.0. The van der Waals surface area contributed by atoms with Crippen molar-refractivity contribution in [3.63, 3.8) is 0 Å². The van der Waals surface area contributed by atoms with Crippen LogP contribution in [0.25, 0.3) is 10.6 Å². The number of hydrogen-bond acceptors (Lipinski definition) is 5. The maximum atomic E-state index is 11.8. The zero-order chi connectivity index (χ0) is 15.4. The second kappa shape index (κ2) is 6.72. The summed E-state index contributed by atoms with van der Waals surface area (Å²) >= 11 is 1.48. The Labute approximate surface area is 128 Å². The molecule has 2 aromatic rings. The molecule has 0 fully saturated rings. The second-order valence-electron chi connectivity index (χ2n) is 4.84. The van der Waals surface area contributed by atoms with Crippen LogP contribution in [0, 0.1) is 6.92 Å². The number of hydrogen-bond donors (Lipinski definition) is 0. The van der Waals surface area contributed by atoms with Crippen LogP contribution in [0.4, 0.5) is 0 Å². The second-order valence-corrected chi connectivity index (χ2v) is 6.04. The molecule has 0 aliphatic heterocycles. The van der Waals surface area contributed by atoms with E-state index in [9.17, 15) is 4.79 Å². The molecule has 0 aliphatic rings. The summed E-state index contributed by atoms with van der Waals surface area (Å²) in [5, 5.41) is 0.796. The number of carbonyl (C=O) groups excluding carboxylic acids is 1. The molecule has 1 aromatic carbocycles. The van der Waals surface area contributed by atoms with Crippen LogP contribution < -0.4 is 4.74 Å². The summed E-state index contributed by atoms with van der Waals surface area (Å²) in [6.45, 7) is 7.98. The van der Waals surface area contributed by atoms with Crippen LogP contribution in [0.1, 0.15) is 36.1 Å². The Morgan fingerprint density at radius 1 is 1.38 bits per heavy atom. The molecule has 0 N–H and O–H groups in total.